The molecule has 158 valence electrons. The van der Waals surface area contributed by atoms with Crippen molar-refractivity contribution in [3.05, 3.63) is 77.1 Å². The summed E-state index contributed by atoms with van der Waals surface area (Å²) in [7, 11) is 0. The molecule has 1 fully saturated rings. The van der Waals surface area contributed by atoms with Crippen LogP contribution in [0.1, 0.15) is 41.3 Å². The summed E-state index contributed by atoms with van der Waals surface area (Å²) in [6.07, 6.45) is 7.98. The van der Waals surface area contributed by atoms with E-state index in [2.05, 4.69) is 36.2 Å². The Morgan fingerprint density at radius 3 is 2.53 bits per heavy atom. The van der Waals surface area contributed by atoms with Gasteiger partial charge in [0, 0.05) is 31.2 Å². The zero-order chi connectivity index (χ0) is 20.6. The van der Waals surface area contributed by atoms with Gasteiger partial charge in [-0.15, -0.1) is 12.4 Å². The number of nitrogens with one attached hydrogen (secondary N) is 1. The van der Waals surface area contributed by atoms with E-state index in [4.69, 9.17) is 5.21 Å². The highest BCUT2D eigenvalue weighted by Crippen LogP contribution is 2.27. The van der Waals surface area contributed by atoms with Crippen molar-refractivity contribution < 1.29 is 14.8 Å². The Balaban J connectivity index is 0.00000320. The van der Waals surface area contributed by atoms with Crippen LogP contribution >= 0.6 is 12.4 Å². The van der Waals surface area contributed by atoms with Gasteiger partial charge in [-0.3, -0.25) is 14.8 Å². The third-order valence-corrected chi connectivity index (χ3v) is 4.95. The number of likely N-dealkylation sites (tertiary alicyclic amines) is 1. The molecule has 6 nitrogen and oxygen atoms in total. The molecule has 1 atom stereocenters. The van der Waals surface area contributed by atoms with Gasteiger partial charge in [-0.2, -0.15) is 0 Å². The minimum atomic E-state index is -0.629. The Morgan fingerprint density at radius 1 is 1.13 bits per heavy atom. The van der Waals surface area contributed by atoms with E-state index in [1.54, 1.807) is 30.4 Å². The first-order valence-corrected chi connectivity index (χ1v) is 9.68. The van der Waals surface area contributed by atoms with Crippen LogP contribution in [0.15, 0.2) is 54.6 Å². The standard InChI is InChI=1S/C23H25N3O3.ClH/c1-17-5-2-6-18(15-17)19-7-4-14-26(16-19)23(28)13-11-21-9-3-8-20(24-21)10-12-22(27)25-29;/h2-3,5-6,8-13,15,19,29H,4,7,14,16H2,1H3,(H,25,27);1H. The van der Waals surface area contributed by atoms with Gasteiger partial charge in [-0.1, -0.05) is 35.9 Å². The second-order valence-electron chi connectivity index (χ2n) is 7.17. The summed E-state index contributed by atoms with van der Waals surface area (Å²) in [5, 5.41) is 8.52. The number of carbonyl (C=O) groups excluding carboxylic acids is 2. The van der Waals surface area contributed by atoms with E-state index in [-0.39, 0.29) is 18.3 Å². The maximum Gasteiger partial charge on any atom is 0.267 e. The third-order valence-electron chi connectivity index (χ3n) is 4.95. The van der Waals surface area contributed by atoms with Crippen molar-refractivity contribution in [2.45, 2.75) is 25.7 Å². The highest BCUT2D eigenvalue weighted by molar-refractivity contribution is 5.92. The summed E-state index contributed by atoms with van der Waals surface area (Å²) in [5.41, 5.74) is 5.23. The first-order chi connectivity index (χ1) is 14.0. The van der Waals surface area contributed by atoms with Gasteiger partial charge in [0.05, 0.1) is 11.4 Å². The number of aryl methyl sites for hydroxylation is 1. The van der Waals surface area contributed by atoms with Crippen LogP contribution in [0.5, 0.6) is 0 Å². The van der Waals surface area contributed by atoms with Crippen LogP contribution in [0.4, 0.5) is 0 Å². The number of amides is 2. The fraction of sp³-hybridized carbons (Fsp3) is 0.261. The van der Waals surface area contributed by atoms with E-state index in [1.807, 2.05) is 4.90 Å². The molecule has 30 heavy (non-hydrogen) atoms. The van der Waals surface area contributed by atoms with Crippen molar-refractivity contribution in [3.8, 4) is 0 Å². The predicted molar refractivity (Wildman–Crippen MR) is 119 cm³/mol. The summed E-state index contributed by atoms with van der Waals surface area (Å²) in [6.45, 7) is 3.57. The molecule has 0 radical (unpaired) electrons. The number of rotatable bonds is 5. The average molecular weight is 428 g/mol. The normalized spacial score (nSPS) is 16.5. The number of hydrogen-bond donors (Lipinski definition) is 2. The molecule has 2 aromatic rings. The molecule has 1 saturated heterocycles. The van der Waals surface area contributed by atoms with Crippen LogP contribution in [0.25, 0.3) is 12.2 Å². The fourth-order valence-electron chi connectivity index (χ4n) is 3.49. The number of hydrogen-bond acceptors (Lipinski definition) is 4. The summed E-state index contributed by atoms with van der Waals surface area (Å²) in [5.74, 6) is -0.286. The predicted octanol–water partition coefficient (Wildman–Crippen LogP) is 3.75. The van der Waals surface area contributed by atoms with Crippen molar-refractivity contribution in [2.75, 3.05) is 13.1 Å². The van der Waals surface area contributed by atoms with Crippen molar-refractivity contribution in [1.29, 1.82) is 0 Å². The molecular weight excluding hydrogens is 402 g/mol. The van der Waals surface area contributed by atoms with Crippen LogP contribution < -0.4 is 5.48 Å². The lowest BCUT2D eigenvalue weighted by Gasteiger charge is -2.32. The lowest BCUT2D eigenvalue weighted by atomic mass is 9.90. The molecule has 1 aliphatic heterocycles. The van der Waals surface area contributed by atoms with E-state index in [0.29, 0.717) is 17.3 Å². The van der Waals surface area contributed by atoms with Crippen molar-refractivity contribution in [1.82, 2.24) is 15.4 Å². The Labute approximate surface area is 182 Å². The number of piperidine rings is 1. The van der Waals surface area contributed by atoms with Crippen LogP contribution in [-0.2, 0) is 9.59 Å². The number of benzene rings is 1. The van der Waals surface area contributed by atoms with Crippen molar-refractivity contribution >= 4 is 36.4 Å². The monoisotopic (exact) mass is 427 g/mol. The van der Waals surface area contributed by atoms with Gasteiger partial charge in [0.1, 0.15) is 0 Å². The highest BCUT2D eigenvalue weighted by Gasteiger charge is 2.23. The number of hydroxylamine groups is 1. The molecular formula is C23H26ClN3O3. The number of pyridine rings is 1. The van der Waals surface area contributed by atoms with E-state index in [0.717, 1.165) is 25.9 Å². The van der Waals surface area contributed by atoms with Gasteiger partial charge in [-0.25, -0.2) is 10.5 Å². The molecule has 1 aromatic carbocycles. The molecule has 2 N–H and O–H groups in total. The number of carbonyl (C=O) groups is 2. The summed E-state index contributed by atoms with van der Waals surface area (Å²) < 4.78 is 0. The average Bonchev–Trinajstić information content (AvgIpc) is 2.76. The third kappa shape index (κ3) is 6.54. The largest absolute Gasteiger partial charge is 0.339 e. The van der Waals surface area contributed by atoms with Crippen LogP contribution in [-0.4, -0.2) is 40.0 Å². The Bertz CT molecular complexity index is 943. The molecule has 1 aromatic heterocycles. The van der Waals surface area contributed by atoms with Gasteiger partial charge in [0.2, 0.25) is 5.91 Å². The summed E-state index contributed by atoms with van der Waals surface area (Å²) in [6, 6.07) is 13.8. The van der Waals surface area contributed by atoms with E-state index >= 15 is 0 Å². The molecule has 3 rings (SSSR count). The fourth-order valence-corrected chi connectivity index (χ4v) is 3.49. The molecule has 0 saturated carbocycles. The van der Waals surface area contributed by atoms with Gasteiger partial charge in [0.15, 0.2) is 0 Å². The quantitative estimate of drug-likeness (QED) is 0.432. The van der Waals surface area contributed by atoms with Crippen molar-refractivity contribution in [2.24, 2.45) is 0 Å². The van der Waals surface area contributed by atoms with Gasteiger partial charge >= 0.3 is 0 Å². The molecule has 1 aliphatic rings. The molecule has 0 bridgehead atoms. The van der Waals surface area contributed by atoms with Gasteiger partial charge in [-0.05, 0) is 49.6 Å². The van der Waals surface area contributed by atoms with Gasteiger partial charge < -0.3 is 4.90 Å². The maximum atomic E-state index is 12.7. The smallest absolute Gasteiger partial charge is 0.267 e. The first-order valence-electron chi connectivity index (χ1n) is 9.68. The molecule has 0 spiro atoms. The van der Waals surface area contributed by atoms with Crippen molar-refractivity contribution in [3.63, 3.8) is 0 Å². The van der Waals surface area contributed by atoms with Gasteiger partial charge in [0.25, 0.3) is 5.91 Å². The Kier molecular flexibility index (Phi) is 8.77. The topological polar surface area (TPSA) is 82.5 Å². The lowest BCUT2D eigenvalue weighted by molar-refractivity contribution is -0.127. The van der Waals surface area contributed by atoms with E-state index < -0.39 is 5.91 Å². The second-order valence-corrected chi connectivity index (χ2v) is 7.17. The maximum absolute atomic E-state index is 12.7. The zero-order valence-electron chi connectivity index (χ0n) is 16.8. The van der Waals surface area contributed by atoms with Crippen LogP contribution in [0.3, 0.4) is 0 Å². The molecule has 7 heteroatoms. The Morgan fingerprint density at radius 2 is 1.83 bits per heavy atom. The first kappa shape index (κ1) is 23.3. The van der Waals surface area contributed by atoms with E-state index in [1.165, 1.54) is 28.8 Å². The summed E-state index contributed by atoms with van der Waals surface area (Å²) in [4.78, 5) is 30.0. The second kappa shape index (κ2) is 11.3. The SMILES string of the molecule is Cc1cccc(C2CCCN(C(=O)C=Cc3cccc(C=CC(=O)NO)n3)C2)c1.Cl. The molecule has 2 heterocycles. The lowest BCUT2D eigenvalue weighted by Crippen LogP contribution is -2.38. The Hall–Kier alpha value is -2.96. The molecule has 0 aliphatic carbocycles. The van der Waals surface area contributed by atoms with Crippen LogP contribution in [0.2, 0.25) is 0 Å². The number of aromatic nitrogens is 1. The summed E-state index contributed by atoms with van der Waals surface area (Å²) >= 11 is 0. The van der Waals surface area contributed by atoms with E-state index in [9.17, 15) is 9.59 Å². The minimum Gasteiger partial charge on any atom is -0.339 e. The number of nitrogens with zero attached hydrogens (tertiary/aromatic N) is 2. The number of halogens is 1. The molecule has 2 amide bonds. The minimum absolute atomic E-state index is 0. The van der Waals surface area contributed by atoms with Crippen LogP contribution in [0, 0.1) is 6.92 Å². The zero-order valence-corrected chi connectivity index (χ0v) is 17.6. The highest BCUT2D eigenvalue weighted by atomic mass is 35.5. The molecule has 1 unspecified atom stereocenters.